The van der Waals surface area contributed by atoms with Crippen molar-refractivity contribution in [3.8, 4) is 0 Å². The number of rotatable bonds is 7. The van der Waals surface area contributed by atoms with E-state index in [-0.39, 0.29) is 11.9 Å². The Morgan fingerprint density at radius 3 is 1.94 bits per heavy atom. The maximum Gasteiger partial charge on any atom is 0.407 e. The lowest BCUT2D eigenvalue weighted by Gasteiger charge is -2.40. The summed E-state index contributed by atoms with van der Waals surface area (Å²) in [5.74, 6) is 0.145. The number of alkyl carbamates (subject to hydrolysis) is 1. The lowest BCUT2D eigenvalue weighted by Crippen LogP contribution is -2.49. The number of carbonyl (C=O) groups excluding carboxylic acids is 2. The number of carbonyl (C=O) groups is 2. The van der Waals surface area contributed by atoms with E-state index in [1.165, 1.54) is 11.1 Å². The Morgan fingerprint density at radius 2 is 1.44 bits per heavy atom. The highest BCUT2D eigenvalue weighted by atomic mass is 16.6. The smallest absolute Gasteiger partial charge is 0.407 e. The summed E-state index contributed by atoms with van der Waals surface area (Å²) in [6.45, 7) is 9.02. The zero-order valence-electron chi connectivity index (χ0n) is 19.4. The van der Waals surface area contributed by atoms with Gasteiger partial charge in [-0.15, -0.1) is 0 Å². The van der Waals surface area contributed by atoms with E-state index in [1.807, 2.05) is 37.8 Å². The molecule has 1 aliphatic rings. The third-order valence-corrected chi connectivity index (χ3v) is 5.50. The highest BCUT2D eigenvalue weighted by Crippen LogP contribution is 2.29. The van der Waals surface area contributed by atoms with Crippen LogP contribution in [0.3, 0.4) is 0 Å². The van der Waals surface area contributed by atoms with Gasteiger partial charge in [0.2, 0.25) is 5.91 Å². The largest absolute Gasteiger partial charge is 0.444 e. The minimum atomic E-state index is -0.517. The topological polar surface area (TPSA) is 61.9 Å². The molecule has 6 heteroatoms. The fourth-order valence-electron chi connectivity index (χ4n) is 4.02. The van der Waals surface area contributed by atoms with Gasteiger partial charge in [0.1, 0.15) is 5.60 Å². The van der Waals surface area contributed by atoms with E-state index in [9.17, 15) is 9.59 Å². The molecule has 0 radical (unpaired) electrons. The quantitative estimate of drug-likeness (QED) is 0.659. The molecule has 1 saturated heterocycles. The number of amides is 2. The van der Waals surface area contributed by atoms with E-state index < -0.39 is 11.7 Å². The SMILES string of the molecule is CC(C)(C)OC(=O)NCCCC(=O)N1CCN(C(c2ccccc2)c2ccccc2)CC1. The third-order valence-electron chi connectivity index (χ3n) is 5.50. The van der Waals surface area contributed by atoms with Crippen LogP contribution in [0.2, 0.25) is 0 Å². The van der Waals surface area contributed by atoms with Gasteiger partial charge in [0.05, 0.1) is 6.04 Å². The number of hydrogen-bond donors (Lipinski definition) is 1. The Bertz CT molecular complexity index is 817. The van der Waals surface area contributed by atoms with Gasteiger partial charge in [-0.1, -0.05) is 60.7 Å². The third kappa shape index (κ3) is 7.09. The van der Waals surface area contributed by atoms with Crippen molar-refractivity contribution in [1.29, 1.82) is 0 Å². The van der Waals surface area contributed by atoms with Crippen LogP contribution >= 0.6 is 0 Å². The molecule has 0 saturated carbocycles. The molecule has 0 bridgehead atoms. The Morgan fingerprint density at radius 1 is 0.906 bits per heavy atom. The van der Waals surface area contributed by atoms with Crippen LogP contribution in [0.5, 0.6) is 0 Å². The van der Waals surface area contributed by atoms with Crippen LogP contribution in [0.25, 0.3) is 0 Å². The van der Waals surface area contributed by atoms with Crippen molar-refractivity contribution in [3.63, 3.8) is 0 Å². The minimum Gasteiger partial charge on any atom is -0.444 e. The molecular weight excluding hydrogens is 402 g/mol. The normalized spacial score (nSPS) is 14.9. The maximum atomic E-state index is 12.7. The predicted molar refractivity (Wildman–Crippen MR) is 126 cm³/mol. The molecule has 0 unspecified atom stereocenters. The van der Waals surface area contributed by atoms with Gasteiger partial charge < -0.3 is 15.0 Å². The standard InChI is InChI=1S/C26H35N3O3/c1-26(2,3)32-25(31)27-16-10-15-23(30)28-17-19-29(20-18-28)24(21-11-6-4-7-12-21)22-13-8-5-9-14-22/h4-9,11-14,24H,10,15-20H2,1-3H3,(H,27,31). The molecule has 6 nitrogen and oxygen atoms in total. The molecule has 1 fully saturated rings. The van der Waals surface area contributed by atoms with Crippen LogP contribution in [0, 0.1) is 0 Å². The van der Waals surface area contributed by atoms with E-state index in [2.05, 4.69) is 58.7 Å². The van der Waals surface area contributed by atoms with E-state index in [0.29, 0.717) is 32.5 Å². The van der Waals surface area contributed by atoms with Crippen molar-refractivity contribution in [2.75, 3.05) is 32.7 Å². The fraction of sp³-hybridized carbons (Fsp3) is 0.462. The highest BCUT2D eigenvalue weighted by Gasteiger charge is 2.28. The van der Waals surface area contributed by atoms with Crippen LogP contribution in [0.4, 0.5) is 4.79 Å². The minimum absolute atomic E-state index is 0.145. The van der Waals surface area contributed by atoms with Crippen molar-refractivity contribution in [1.82, 2.24) is 15.1 Å². The van der Waals surface area contributed by atoms with Crippen molar-refractivity contribution in [3.05, 3.63) is 71.8 Å². The summed E-state index contributed by atoms with van der Waals surface area (Å²) in [5.41, 5.74) is 2.02. The van der Waals surface area contributed by atoms with Crippen LogP contribution in [0.15, 0.2) is 60.7 Å². The Labute approximate surface area is 191 Å². The molecule has 1 aliphatic heterocycles. The lowest BCUT2D eigenvalue weighted by atomic mass is 9.96. The van der Waals surface area contributed by atoms with Gasteiger partial charge in [0.25, 0.3) is 0 Å². The maximum absolute atomic E-state index is 12.7. The first-order valence-electron chi connectivity index (χ1n) is 11.4. The predicted octanol–water partition coefficient (Wildman–Crippen LogP) is 4.23. The van der Waals surface area contributed by atoms with Gasteiger partial charge in [-0.05, 0) is 38.3 Å². The molecule has 172 valence electrons. The van der Waals surface area contributed by atoms with Gasteiger partial charge in [0, 0.05) is 39.1 Å². The van der Waals surface area contributed by atoms with Gasteiger partial charge in [0.15, 0.2) is 0 Å². The van der Waals surface area contributed by atoms with Crippen LogP contribution < -0.4 is 5.32 Å². The zero-order valence-corrected chi connectivity index (χ0v) is 19.4. The van der Waals surface area contributed by atoms with E-state index in [4.69, 9.17) is 4.74 Å². The molecule has 32 heavy (non-hydrogen) atoms. The van der Waals surface area contributed by atoms with E-state index >= 15 is 0 Å². The molecule has 0 aliphatic carbocycles. The number of nitrogens with one attached hydrogen (secondary N) is 1. The highest BCUT2D eigenvalue weighted by molar-refractivity contribution is 5.76. The van der Waals surface area contributed by atoms with Gasteiger partial charge in [-0.3, -0.25) is 9.69 Å². The molecule has 3 rings (SSSR count). The zero-order chi connectivity index (χ0) is 23.0. The number of benzene rings is 2. The van der Waals surface area contributed by atoms with Crippen molar-refractivity contribution in [2.45, 2.75) is 45.3 Å². The molecule has 1 heterocycles. The first kappa shape index (κ1) is 23.8. The molecule has 0 spiro atoms. The number of hydrogen-bond acceptors (Lipinski definition) is 4. The second kappa shape index (κ2) is 11.1. The van der Waals surface area contributed by atoms with Crippen LogP contribution in [-0.4, -0.2) is 60.1 Å². The molecule has 0 aromatic heterocycles. The molecular formula is C26H35N3O3. The molecule has 1 N–H and O–H groups in total. The second-order valence-electron chi connectivity index (χ2n) is 9.17. The Hall–Kier alpha value is -2.86. The summed E-state index contributed by atoms with van der Waals surface area (Å²) in [6, 6.07) is 21.3. The lowest BCUT2D eigenvalue weighted by molar-refractivity contribution is -0.133. The molecule has 2 aromatic rings. The van der Waals surface area contributed by atoms with Gasteiger partial charge in [-0.2, -0.15) is 0 Å². The summed E-state index contributed by atoms with van der Waals surface area (Å²) in [4.78, 5) is 28.8. The first-order chi connectivity index (χ1) is 15.3. The number of ether oxygens (including phenoxy) is 1. The van der Waals surface area contributed by atoms with E-state index in [0.717, 1.165) is 13.1 Å². The first-order valence-corrected chi connectivity index (χ1v) is 11.4. The van der Waals surface area contributed by atoms with E-state index in [1.54, 1.807) is 0 Å². The average Bonchev–Trinajstić information content (AvgIpc) is 2.77. The van der Waals surface area contributed by atoms with Crippen molar-refractivity contribution < 1.29 is 14.3 Å². The summed E-state index contributed by atoms with van der Waals surface area (Å²) < 4.78 is 5.22. The summed E-state index contributed by atoms with van der Waals surface area (Å²) >= 11 is 0. The van der Waals surface area contributed by atoms with Crippen LogP contribution in [0.1, 0.15) is 50.8 Å². The Kier molecular flexibility index (Phi) is 8.28. The second-order valence-corrected chi connectivity index (χ2v) is 9.17. The average molecular weight is 438 g/mol. The molecule has 2 aromatic carbocycles. The van der Waals surface area contributed by atoms with Crippen molar-refractivity contribution >= 4 is 12.0 Å². The summed E-state index contributed by atoms with van der Waals surface area (Å²) in [6.07, 6.45) is 0.595. The monoisotopic (exact) mass is 437 g/mol. The van der Waals surface area contributed by atoms with Crippen LogP contribution in [-0.2, 0) is 9.53 Å². The fourth-order valence-corrected chi connectivity index (χ4v) is 4.02. The Balaban J connectivity index is 1.49. The molecule has 2 amide bonds. The summed E-state index contributed by atoms with van der Waals surface area (Å²) in [7, 11) is 0. The number of piperazine rings is 1. The number of nitrogens with zero attached hydrogens (tertiary/aromatic N) is 2. The van der Waals surface area contributed by atoms with Gasteiger partial charge in [-0.25, -0.2) is 4.79 Å². The summed E-state index contributed by atoms with van der Waals surface area (Å²) in [5, 5.41) is 2.72. The van der Waals surface area contributed by atoms with Gasteiger partial charge >= 0.3 is 6.09 Å². The van der Waals surface area contributed by atoms with Crippen molar-refractivity contribution in [2.24, 2.45) is 0 Å². The molecule has 0 atom stereocenters.